The normalized spacial score (nSPS) is 12.9. The third-order valence-electron chi connectivity index (χ3n) is 2.99. The highest BCUT2D eigenvalue weighted by Crippen LogP contribution is 2.34. The largest absolute Gasteiger partial charge is 0.486 e. The predicted molar refractivity (Wildman–Crippen MR) is 76.8 cm³/mol. The van der Waals surface area contributed by atoms with E-state index in [1.54, 1.807) is 18.2 Å². The van der Waals surface area contributed by atoms with Gasteiger partial charge in [0.25, 0.3) is 5.91 Å². The third kappa shape index (κ3) is 2.78. The number of fused-ring (bicyclic) bond motifs is 1. The van der Waals surface area contributed by atoms with Crippen LogP contribution in [0, 0.1) is 5.82 Å². The second-order valence-electron chi connectivity index (χ2n) is 4.41. The van der Waals surface area contributed by atoms with Gasteiger partial charge in [0, 0.05) is 5.02 Å². The van der Waals surface area contributed by atoms with Crippen LogP contribution in [0.5, 0.6) is 11.5 Å². The zero-order chi connectivity index (χ0) is 14.8. The van der Waals surface area contributed by atoms with Gasteiger partial charge in [-0.25, -0.2) is 4.39 Å². The molecule has 21 heavy (non-hydrogen) atoms. The van der Waals surface area contributed by atoms with Crippen molar-refractivity contribution in [3.8, 4) is 11.5 Å². The Kier molecular flexibility index (Phi) is 3.66. The summed E-state index contributed by atoms with van der Waals surface area (Å²) in [6.45, 7) is 0.802. The molecule has 0 aliphatic carbocycles. The van der Waals surface area contributed by atoms with Gasteiger partial charge in [0.05, 0.1) is 11.3 Å². The topological polar surface area (TPSA) is 47.6 Å². The molecule has 2 aromatic carbocycles. The lowest BCUT2D eigenvalue weighted by atomic mass is 10.1. The second kappa shape index (κ2) is 5.61. The van der Waals surface area contributed by atoms with E-state index in [0.29, 0.717) is 30.3 Å². The summed E-state index contributed by atoms with van der Waals surface area (Å²) in [6.07, 6.45) is 0. The van der Waals surface area contributed by atoms with Gasteiger partial charge in [0.1, 0.15) is 19.0 Å². The maximum absolute atomic E-state index is 13.7. The number of anilines is 1. The summed E-state index contributed by atoms with van der Waals surface area (Å²) in [5.74, 6) is -0.197. The van der Waals surface area contributed by atoms with E-state index in [-0.39, 0.29) is 10.7 Å². The maximum Gasteiger partial charge on any atom is 0.259 e. The SMILES string of the molecule is O=C(Nc1ccc(Cl)cc1F)c1cccc2c1OCCO2. The summed E-state index contributed by atoms with van der Waals surface area (Å²) in [4.78, 5) is 12.3. The molecular weight excluding hydrogens is 297 g/mol. The standard InChI is InChI=1S/C15H11ClFNO3/c16-9-4-5-12(11(17)8-9)18-15(19)10-2-1-3-13-14(10)21-7-6-20-13/h1-5,8H,6-7H2,(H,18,19). The van der Waals surface area contributed by atoms with Gasteiger partial charge < -0.3 is 14.8 Å². The highest BCUT2D eigenvalue weighted by Gasteiger charge is 2.21. The second-order valence-corrected chi connectivity index (χ2v) is 4.84. The molecule has 1 heterocycles. The molecule has 3 rings (SSSR count). The molecule has 0 spiro atoms. The molecule has 108 valence electrons. The van der Waals surface area contributed by atoms with Crippen LogP contribution in [0.4, 0.5) is 10.1 Å². The van der Waals surface area contributed by atoms with Gasteiger partial charge >= 0.3 is 0 Å². The first-order valence-corrected chi connectivity index (χ1v) is 6.68. The van der Waals surface area contributed by atoms with Crippen molar-refractivity contribution in [2.75, 3.05) is 18.5 Å². The lowest BCUT2D eigenvalue weighted by Gasteiger charge is -2.20. The molecule has 0 atom stereocenters. The molecular formula is C15H11ClFNO3. The van der Waals surface area contributed by atoms with Crippen LogP contribution in [-0.2, 0) is 0 Å². The Labute approximate surface area is 125 Å². The van der Waals surface area contributed by atoms with Crippen LogP contribution in [0.2, 0.25) is 5.02 Å². The summed E-state index contributed by atoms with van der Waals surface area (Å²) < 4.78 is 24.6. The zero-order valence-electron chi connectivity index (χ0n) is 10.9. The Hall–Kier alpha value is -2.27. The van der Waals surface area contributed by atoms with E-state index in [0.717, 1.165) is 6.07 Å². The molecule has 2 aromatic rings. The molecule has 6 heteroatoms. The van der Waals surface area contributed by atoms with Gasteiger partial charge in [-0.15, -0.1) is 0 Å². The molecule has 1 amide bonds. The Balaban J connectivity index is 1.89. The van der Waals surface area contributed by atoms with Gasteiger partial charge in [-0.3, -0.25) is 4.79 Å². The number of halogens is 2. The van der Waals surface area contributed by atoms with Crippen molar-refractivity contribution >= 4 is 23.2 Å². The number of nitrogens with one attached hydrogen (secondary N) is 1. The van der Waals surface area contributed by atoms with E-state index in [2.05, 4.69) is 5.32 Å². The average Bonchev–Trinajstić information content (AvgIpc) is 2.49. The molecule has 1 aliphatic heterocycles. The number of carbonyl (C=O) groups excluding carboxylic acids is 1. The monoisotopic (exact) mass is 307 g/mol. The molecule has 0 radical (unpaired) electrons. The summed E-state index contributed by atoms with van der Waals surface area (Å²) in [5.41, 5.74) is 0.347. The number of para-hydroxylation sites is 1. The Morgan fingerprint density at radius 2 is 2.00 bits per heavy atom. The molecule has 0 unspecified atom stereocenters. The van der Waals surface area contributed by atoms with Gasteiger partial charge in [0.2, 0.25) is 0 Å². The fourth-order valence-electron chi connectivity index (χ4n) is 2.03. The van der Waals surface area contributed by atoms with Crippen molar-refractivity contribution in [3.05, 3.63) is 52.8 Å². The number of amides is 1. The summed E-state index contributed by atoms with van der Waals surface area (Å²) in [5, 5.41) is 2.76. The smallest absolute Gasteiger partial charge is 0.259 e. The quantitative estimate of drug-likeness (QED) is 0.923. The van der Waals surface area contributed by atoms with E-state index < -0.39 is 11.7 Å². The van der Waals surface area contributed by atoms with E-state index in [9.17, 15) is 9.18 Å². The number of benzene rings is 2. The first-order chi connectivity index (χ1) is 10.1. The van der Waals surface area contributed by atoms with Crippen molar-refractivity contribution in [3.63, 3.8) is 0 Å². The molecule has 1 aliphatic rings. The number of carbonyl (C=O) groups is 1. The predicted octanol–water partition coefficient (Wildman–Crippen LogP) is 3.50. The lowest BCUT2D eigenvalue weighted by Crippen LogP contribution is -2.20. The first kappa shape index (κ1) is 13.7. The number of hydrogen-bond donors (Lipinski definition) is 1. The molecule has 4 nitrogen and oxygen atoms in total. The van der Waals surface area contributed by atoms with Crippen LogP contribution in [0.1, 0.15) is 10.4 Å². The van der Waals surface area contributed by atoms with Crippen LogP contribution in [0.3, 0.4) is 0 Å². The van der Waals surface area contributed by atoms with Crippen molar-refractivity contribution in [2.45, 2.75) is 0 Å². The minimum atomic E-state index is -0.599. The zero-order valence-corrected chi connectivity index (χ0v) is 11.6. The van der Waals surface area contributed by atoms with E-state index >= 15 is 0 Å². The van der Waals surface area contributed by atoms with Crippen molar-refractivity contribution < 1.29 is 18.7 Å². The minimum absolute atomic E-state index is 0.0544. The Morgan fingerprint density at radius 1 is 1.19 bits per heavy atom. The summed E-state index contributed by atoms with van der Waals surface area (Å²) in [6, 6.07) is 9.03. The van der Waals surface area contributed by atoms with Crippen LogP contribution < -0.4 is 14.8 Å². The van der Waals surface area contributed by atoms with Crippen molar-refractivity contribution in [1.82, 2.24) is 0 Å². The van der Waals surface area contributed by atoms with Gasteiger partial charge in [0.15, 0.2) is 11.5 Å². The molecule has 0 bridgehead atoms. The highest BCUT2D eigenvalue weighted by atomic mass is 35.5. The van der Waals surface area contributed by atoms with Crippen LogP contribution in [-0.4, -0.2) is 19.1 Å². The third-order valence-corrected chi connectivity index (χ3v) is 3.23. The number of hydrogen-bond acceptors (Lipinski definition) is 3. The minimum Gasteiger partial charge on any atom is -0.486 e. The lowest BCUT2D eigenvalue weighted by molar-refractivity contribution is 0.101. The number of ether oxygens (including phenoxy) is 2. The molecule has 0 saturated heterocycles. The molecule has 0 fully saturated rings. The Morgan fingerprint density at radius 3 is 2.81 bits per heavy atom. The van der Waals surface area contributed by atoms with Crippen molar-refractivity contribution in [2.24, 2.45) is 0 Å². The molecule has 0 saturated carbocycles. The van der Waals surface area contributed by atoms with Gasteiger partial charge in [-0.05, 0) is 30.3 Å². The molecule has 0 aromatic heterocycles. The summed E-state index contributed by atoms with van der Waals surface area (Å²) >= 11 is 5.68. The summed E-state index contributed by atoms with van der Waals surface area (Å²) in [7, 11) is 0. The molecule has 1 N–H and O–H groups in total. The Bertz CT molecular complexity index is 705. The van der Waals surface area contributed by atoms with E-state index in [1.165, 1.54) is 12.1 Å². The fraction of sp³-hybridized carbons (Fsp3) is 0.133. The van der Waals surface area contributed by atoms with Gasteiger partial charge in [-0.1, -0.05) is 17.7 Å². The van der Waals surface area contributed by atoms with E-state index in [1.807, 2.05) is 0 Å². The maximum atomic E-state index is 13.7. The van der Waals surface area contributed by atoms with Crippen LogP contribution >= 0.6 is 11.6 Å². The van der Waals surface area contributed by atoms with Crippen LogP contribution in [0.25, 0.3) is 0 Å². The van der Waals surface area contributed by atoms with Gasteiger partial charge in [-0.2, -0.15) is 0 Å². The first-order valence-electron chi connectivity index (χ1n) is 6.30. The highest BCUT2D eigenvalue weighted by molar-refractivity contribution is 6.30. The van der Waals surface area contributed by atoms with E-state index in [4.69, 9.17) is 21.1 Å². The average molecular weight is 308 g/mol. The fourth-order valence-corrected chi connectivity index (χ4v) is 2.19. The number of rotatable bonds is 2. The van der Waals surface area contributed by atoms with Crippen molar-refractivity contribution in [1.29, 1.82) is 0 Å². The van der Waals surface area contributed by atoms with Crippen LogP contribution in [0.15, 0.2) is 36.4 Å².